The van der Waals surface area contributed by atoms with Gasteiger partial charge in [-0.3, -0.25) is 14.6 Å². The van der Waals surface area contributed by atoms with Crippen LogP contribution in [0.5, 0.6) is 0 Å². The fourth-order valence-corrected chi connectivity index (χ4v) is 4.05. The summed E-state index contributed by atoms with van der Waals surface area (Å²) in [6.45, 7) is 0. The molecular weight excluding hydrogens is 495 g/mol. The van der Waals surface area contributed by atoms with Gasteiger partial charge in [-0.25, -0.2) is 9.07 Å². The van der Waals surface area contributed by atoms with Crippen LogP contribution in [0, 0.1) is 5.82 Å². The number of hydrogen-bond acceptors (Lipinski definition) is 6. The molecule has 184 valence electrons. The number of halogens is 2. The van der Waals surface area contributed by atoms with Crippen LogP contribution in [0.25, 0.3) is 16.9 Å². The quantitative estimate of drug-likeness (QED) is 0.301. The van der Waals surface area contributed by atoms with Crippen molar-refractivity contribution in [1.29, 1.82) is 0 Å². The van der Waals surface area contributed by atoms with Crippen LogP contribution in [-0.2, 0) is 0 Å². The highest BCUT2D eigenvalue weighted by molar-refractivity contribution is 6.34. The first kappa shape index (κ1) is 24.2. The second kappa shape index (κ2) is 10.6. The van der Waals surface area contributed by atoms with E-state index in [9.17, 15) is 14.0 Å². The number of nitrogens with one attached hydrogen (secondary N) is 1. The number of Topliss-reactive ketones (excluding diaryl/α,β-unsaturated/α-hetero) is 1. The van der Waals surface area contributed by atoms with E-state index in [4.69, 9.17) is 11.6 Å². The van der Waals surface area contributed by atoms with Gasteiger partial charge in [0.2, 0.25) is 0 Å². The number of aromatic nitrogens is 3. The Kier molecular flexibility index (Phi) is 6.96. The zero-order valence-corrected chi connectivity index (χ0v) is 20.2. The summed E-state index contributed by atoms with van der Waals surface area (Å²) in [6.07, 6.45) is 4.49. The molecule has 0 saturated heterocycles. The first-order valence-corrected chi connectivity index (χ1v) is 11.8. The molecule has 0 aliphatic carbocycles. The van der Waals surface area contributed by atoms with Gasteiger partial charge in [0.25, 0.3) is 5.91 Å². The Hall–Kier alpha value is -4.50. The molecule has 37 heavy (non-hydrogen) atoms. The number of hydrogen-bond donors (Lipinski definition) is 1. The van der Waals surface area contributed by atoms with Gasteiger partial charge in [0, 0.05) is 42.6 Å². The van der Waals surface area contributed by atoms with Crippen LogP contribution in [0.2, 0.25) is 5.02 Å². The molecule has 1 aliphatic heterocycles. The van der Waals surface area contributed by atoms with Crippen molar-refractivity contribution in [2.75, 3.05) is 5.32 Å². The van der Waals surface area contributed by atoms with E-state index in [2.05, 4.69) is 25.6 Å². The van der Waals surface area contributed by atoms with Gasteiger partial charge >= 0.3 is 0 Å². The van der Waals surface area contributed by atoms with E-state index in [-0.39, 0.29) is 40.0 Å². The third-order valence-corrected chi connectivity index (χ3v) is 6.06. The van der Waals surface area contributed by atoms with Crippen LogP contribution in [0.1, 0.15) is 40.1 Å². The van der Waals surface area contributed by atoms with Gasteiger partial charge in [0.05, 0.1) is 16.3 Å². The number of carbonyl (C=O) groups is 2. The van der Waals surface area contributed by atoms with E-state index in [0.29, 0.717) is 24.1 Å². The highest BCUT2D eigenvalue weighted by Crippen LogP contribution is 2.27. The number of rotatable bonds is 8. The smallest absolute Gasteiger partial charge is 0.258 e. The highest BCUT2D eigenvalue weighted by atomic mass is 35.5. The summed E-state index contributed by atoms with van der Waals surface area (Å²) in [5, 5.41) is 15.3. The van der Waals surface area contributed by atoms with E-state index < -0.39 is 11.7 Å². The molecule has 0 spiro atoms. The Balaban J connectivity index is 1.44. The summed E-state index contributed by atoms with van der Waals surface area (Å²) in [5.41, 5.74) is 2.32. The molecule has 0 bridgehead atoms. The maximum Gasteiger partial charge on any atom is 0.258 e. The van der Waals surface area contributed by atoms with Gasteiger partial charge in [0.1, 0.15) is 23.0 Å². The minimum absolute atomic E-state index is 0.104. The Bertz CT molecular complexity index is 1550. The van der Waals surface area contributed by atoms with Crippen LogP contribution in [0.3, 0.4) is 0 Å². The molecule has 0 fully saturated rings. The van der Waals surface area contributed by atoms with E-state index >= 15 is 0 Å². The third-order valence-electron chi connectivity index (χ3n) is 5.73. The summed E-state index contributed by atoms with van der Waals surface area (Å²) in [6, 6.07) is 18.0. The van der Waals surface area contributed by atoms with Gasteiger partial charge in [-0.1, -0.05) is 35.9 Å². The lowest BCUT2D eigenvalue weighted by molar-refractivity contribution is 0.0978. The zero-order chi connectivity index (χ0) is 25.8. The molecule has 8 nitrogen and oxygen atoms in total. The first-order chi connectivity index (χ1) is 18.0. The van der Waals surface area contributed by atoms with E-state index in [1.165, 1.54) is 41.2 Å². The largest absolute Gasteiger partial charge is 0.306 e. The molecule has 0 radical (unpaired) electrons. The van der Waals surface area contributed by atoms with Crippen LogP contribution in [-0.4, -0.2) is 38.4 Å². The zero-order valence-electron chi connectivity index (χ0n) is 19.4. The predicted octanol–water partition coefficient (Wildman–Crippen LogP) is 5.77. The number of para-hydroxylation sites is 1. The molecule has 0 atom stereocenters. The summed E-state index contributed by atoms with van der Waals surface area (Å²) in [4.78, 5) is 30.3. The van der Waals surface area contributed by atoms with Gasteiger partial charge in [-0.2, -0.15) is 15.3 Å². The van der Waals surface area contributed by atoms with Crippen molar-refractivity contribution >= 4 is 41.0 Å². The number of amides is 1. The molecular formula is C27H20ClFN6O2. The Morgan fingerprint density at radius 1 is 1.05 bits per heavy atom. The maximum atomic E-state index is 14.3. The molecule has 2 aromatic carbocycles. The van der Waals surface area contributed by atoms with E-state index in [1.54, 1.807) is 24.4 Å². The van der Waals surface area contributed by atoms with Crippen molar-refractivity contribution in [1.82, 2.24) is 14.8 Å². The first-order valence-electron chi connectivity index (χ1n) is 11.5. The summed E-state index contributed by atoms with van der Waals surface area (Å²) >= 11 is 6.33. The monoisotopic (exact) mass is 514 g/mol. The lowest BCUT2D eigenvalue weighted by atomic mass is 10.1. The van der Waals surface area contributed by atoms with Crippen molar-refractivity contribution in [2.45, 2.75) is 19.3 Å². The topological polar surface area (TPSA) is 102 Å². The number of benzene rings is 2. The van der Waals surface area contributed by atoms with Crippen molar-refractivity contribution in [3.8, 4) is 16.9 Å². The molecule has 2 aromatic heterocycles. The van der Waals surface area contributed by atoms with Gasteiger partial charge in [-0.15, -0.1) is 0 Å². The number of nitrogens with zero attached hydrogens (tertiary/aromatic N) is 5. The van der Waals surface area contributed by atoms with Gasteiger partial charge in [0.15, 0.2) is 5.78 Å². The summed E-state index contributed by atoms with van der Waals surface area (Å²) in [5.74, 6) is -0.967. The standard InChI is InChI=1S/C27H20ClFN6O2/c28-21-10-8-17(26-22(29)7-4-13-30-26)15-20(21)27(37)32-25-16-23(24(36)11-9-18-12-14-31-33-18)34-35(25)19-5-2-1-3-6-19/h1-8,10,13-16H,9,11-12H2,(H,32,37). The van der Waals surface area contributed by atoms with Crippen molar-refractivity contribution in [3.05, 3.63) is 95.0 Å². The minimum Gasteiger partial charge on any atom is -0.306 e. The Morgan fingerprint density at radius 3 is 2.65 bits per heavy atom. The maximum absolute atomic E-state index is 14.3. The van der Waals surface area contributed by atoms with Crippen LogP contribution >= 0.6 is 11.6 Å². The average molecular weight is 515 g/mol. The van der Waals surface area contributed by atoms with Crippen molar-refractivity contribution in [3.63, 3.8) is 0 Å². The van der Waals surface area contributed by atoms with Gasteiger partial charge in [-0.05, 0) is 42.8 Å². The van der Waals surface area contributed by atoms with Crippen LogP contribution < -0.4 is 5.32 Å². The number of pyridine rings is 1. The number of ketones is 1. The van der Waals surface area contributed by atoms with Crippen molar-refractivity contribution < 1.29 is 14.0 Å². The molecule has 5 rings (SSSR count). The molecule has 1 aliphatic rings. The van der Waals surface area contributed by atoms with E-state index in [1.807, 2.05) is 18.2 Å². The predicted molar refractivity (Wildman–Crippen MR) is 140 cm³/mol. The lowest BCUT2D eigenvalue weighted by Gasteiger charge is -2.11. The molecule has 3 heterocycles. The molecule has 1 amide bonds. The second-order valence-electron chi connectivity index (χ2n) is 8.24. The number of anilines is 1. The summed E-state index contributed by atoms with van der Waals surface area (Å²) in [7, 11) is 0. The normalized spacial score (nSPS) is 12.4. The fraction of sp³-hybridized carbons (Fsp3) is 0.111. The molecule has 4 aromatic rings. The second-order valence-corrected chi connectivity index (χ2v) is 8.64. The minimum atomic E-state index is -0.545. The summed E-state index contributed by atoms with van der Waals surface area (Å²) < 4.78 is 15.8. The molecule has 0 unspecified atom stereocenters. The Morgan fingerprint density at radius 2 is 1.89 bits per heavy atom. The molecule has 0 saturated carbocycles. The molecule has 1 N–H and O–H groups in total. The Labute approximate surface area is 216 Å². The van der Waals surface area contributed by atoms with Gasteiger partial charge < -0.3 is 5.32 Å². The third kappa shape index (κ3) is 5.36. The lowest BCUT2D eigenvalue weighted by Crippen LogP contribution is -2.15. The van der Waals surface area contributed by atoms with Crippen LogP contribution in [0.4, 0.5) is 10.2 Å². The van der Waals surface area contributed by atoms with Crippen molar-refractivity contribution in [2.24, 2.45) is 10.2 Å². The number of carbonyl (C=O) groups excluding carboxylic acids is 2. The SMILES string of the molecule is O=C(CCC1=NN=CC1)c1cc(NC(=O)c2cc(-c3ncccc3F)ccc2Cl)n(-c2ccccc2)n1. The van der Waals surface area contributed by atoms with Crippen LogP contribution in [0.15, 0.2) is 83.1 Å². The van der Waals surface area contributed by atoms with E-state index in [0.717, 1.165) is 5.71 Å². The molecule has 10 heteroatoms. The fourth-order valence-electron chi connectivity index (χ4n) is 3.85. The highest BCUT2D eigenvalue weighted by Gasteiger charge is 2.20. The average Bonchev–Trinajstić information content (AvgIpc) is 3.59.